The maximum atomic E-state index is 6.21. The number of aromatic amines is 1. The second-order valence-corrected chi connectivity index (χ2v) is 7.07. The fraction of sp³-hybridized carbons (Fsp3) is 0.250. The van der Waals surface area contributed by atoms with Gasteiger partial charge in [-0.3, -0.25) is 10.1 Å². The number of halogens is 3. The highest BCUT2D eigenvalue weighted by atomic mass is 127. The predicted octanol–water partition coefficient (Wildman–Crippen LogP) is 4.69. The summed E-state index contributed by atoms with van der Waals surface area (Å²) in [7, 11) is 1.76. The summed E-state index contributed by atoms with van der Waals surface area (Å²) < 4.78 is 0. The average Bonchev–Trinajstić information content (AvgIpc) is 3.24. The number of aliphatic imine (C=N–C) groups is 1. The molecule has 0 saturated heterocycles. The largest absolute Gasteiger partial charge is 0.356 e. The second kappa shape index (κ2) is 12.0. The van der Waals surface area contributed by atoms with Crippen LogP contribution in [-0.2, 0) is 13.0 Å². The highest BCUT2D eigenvalue weighted by molar-refractivity contribution is 14.0. The van der Waals surface area contributed by atoms with Gasteiger partial charge < -0.3 is 10.6 Å². The number of rotatable bonds is 7. The first-order chi connectivity index (χ1) is 13.7. The number of aromatic nitrogens is 3. The molecule has 1 aromatic heterocycles. The van der Waals surface area contributed by atoms with Gasteiger partial charge in [0, 0.05) is 35.7 Å². The van der Waals surface area contributed by atoms with Crippen LogP contribution in [0.15, 0.2) is 53.8 Å². The molecule has 3 N–H and O–H groups in total. The maximum absolute atomic E-state index is 6.21. The Morgan fingerprint density at radius 2 is 2.00 bits per heavy atom. The molecule has 154 valence electrons. The van der Waals surface area contributed by atoms with Crippen molar-refractivity contribution in [3.8, 4) is 11.4 Å². The quantitative estimate of drug-likeness (QED) is 0.174. The first-order valence-electron chi connectivity index (χ1n) is 8.99. The lowest BCUT2D eigenvalue weighted by molar-refractivity contribution is 0.742. The Balaban J connectivity index is 0.00000300. The van der Waals surface area contributed by atoms with Crippen molar-refractivity contribution in [2.75, 3.05) is 13.6 Å². The lowest BCUT2D eigenvalue weighted by atomic mass is 10.1. The Labute approximate surface area is 197 Å². The number of hydrogen-bond donors (Lipinski definition) is 3. The van der Waals surface area contributed by atoms with Crippen molar-refractivity contribution < 1.29 is 0 Å². The van der Waals surface area contributed by atoms with Gasteiger partial charge in [0.2, 0.25) is 0 Å². The van der Waals surface area contributed by atoms with Gasteiger partial charge in [0.05, 0.1) is 0 Å². The summed E-state index contributed by atoms with van der Waals surface area (Å²) in [6.45, 7) is 1.45. The van der Waals surface area contributed by atoms with Gasteiger partial charge in [-0.05, 0) is 42.2 Å². The molecule has 0 bridgehead atoms. The molecule has 3 rings (SSSR count). The molecule has 29 heavy (non-hydrogen) atoms. The van der Waals surface area contributed by atoms with Crippen LogP contribution in [0.25, 0.3) is 11.4 Å². The zero-order valence-corrected chi connectivity index (χ0v) is 19.8. The van der Waals surface area contributed by atoms with Crippen LogP contribution in [-0.4, -0.2) is 34.7 Å². The Kier molecular flexibility index (Phi) is 9.69. The van der Waals surface area contributed by atoms with E-state index in [1.807, 2.05) is 24.3 Å². The lowest BCUT2D eigenvalue weighted by Gasteiger charge is -2.12. The van der Waals surface area contributed by atoms with Gasteiger partial charge in [0.25, 0.3) is 0 Å². The number of nitrogens with zero attached hydrogens (tertiary/aromatic N) is 3. The van der Waals surface area contributed by atoms with E-state index in [0.29, 0.717) is 16.6 Å². The number of H-pyrrole nitrogens is 1. The van der Waals surface area contributed by atoms with Crippen molar-refractivity contribution in [3.63, 3.8) is 0 Å². The van der Waals surface area contributed by atoms with Crippen molar-refractivity contribution in [1.82, 2.24) is 25.8 Å². The molecule has 2 aromatic carbocycles. The third-order valence-corrected chi connectivity index (χ3v) is 4.82. The summed E-state index contributed by atoms with van der Waals surface area (Å²) in [4.78, 5) is 8.46. The molecule has 0 aliphatic rings. The smallest absolute Gasteiger partial charge is 0.191 e. The van der Waals surface area contributed by atoms with Crippen LogP contribution in [0.4, 0.5) is 0 Å². The van der Waals surface area contributed by atoms with Crippen LogP contribution in [0.1, 0.15) is 17.5 Å². The highest BCUT2D eigenvalue weighted by Gasteiger charge is 2.04. The number of guanidine groups is 1. The predicted molar refractivity (Wildman–Crippen MR) is 130 cm³/mol. The molecule has 0 aliphatic carbocycles. The molecule has 0 saturated carbocycles. The van der Waals surface area contributed by atoms with Gasteiger partial charge in [-0.1, -0.05) is 47.5 Å². The van der Waals surface area contributed by atoms with Crippen LogP contribution >= 0.6 is 47.2 Å². The third kappa shape index (κ3) is 7.17. The van der Waals surface area contributed by atoms with E-state index in [9.17, 15) is 0 Å². The summed E-state index contributed by atoms with van der Waals surface area (Å²) in [5.74, 6) is 1.51. The minimum atomic E-state index is 0. The van der Waals surface area contributed by atoms with Crippen LogP contribution in [0.5, 0.6) is 0 Å². The van der Waals surface area contributed by atoms with Gasteiger partial charge >= 0.3 is 0 Å². The van der Waals surface area contributed by atoms with E-state index in [2.05, 4.69) is 42.9 Å². The second-order valence-electron chi connectivity index (χ2n) is 6.23. The minimum absolute atomic E-state index is 0. The molecular formula is C20H23Cl2IN6. The SMILES string of the molecule is CN=C(NCCCc1ccc(Cl)cc1Cl)NCc1cccc(-c2ncn[nH]2)c1.I. The van der Waals surface area contributed by atoms with Crippen LogP contribution in [0, 0.1) is 0 Å². The zero-order valence-electron chi connectivity index (χ0n) is 16.0. The first kappa shape index (κ1) is 23.4. The molecular weight excluding hydrogens is 522 g/mol. The molecule has 0 amide bonds. The molecule has 0 fully saturated rings. The van der Waals surface area contributed by atoms with Gasteiger partial charge in [-0.2, -0.15) is 5.10 Å². The Hall–Kier alpha value is -1.84. The number of benzene rings is 2. The molecule has 0 unspecified atom stereocenters. The number of hydrogen-bond acceptors (Lipinski definition) is 3. The van der Waals surface area contributed by atoms with Gasteiger partial charge in [-0.25, -0.2) is 4.98 Å². The van der Waals surface area contributed by atoms with E-state index in [1.54, 1.807) is 13.1 Å². The van der Waals surface area contributed by atoms with Crippen molar-refractivity contribution in [2.45, 2.75) is 19.4 Å². The van der Waals surface area contributed by atoms with Crippen LogP contribution in [0.3, 0.4) is 0 Å². The number of nitrogens with one attached hydrogen (secondary N) is 3. The maximum Gasteiger partial charge on any atom is 0.191 e. The van der Waals surface area contributed by atoms with E-state index in [0.717, 1.165) is 47.9 Å². The van der Waals surface area contributed by atoms with E-state index >= 15 is 0 Å². The Bertz CT molecular complexity index is 930. The normalized spacial score (nSPS) is 11.1. The van der Waals surface area contributed by atoms with Gasteiger partial charge in [0.15, 0.2) is 11.8 Å². The standard InChI is InChI=1S/C20H22Cl2N6.HI/c1-23-20(24-9-3-6-15-7-8-17(21)11-18(15)22)25-12-14-4-2-5-16(10-14)19-26-13-27-28-19;/h2,4-5,7-8,10-11,13H,3,6,9,12H2,1H3,(H2,23,24,25)(H,26,27,28);1H. The average molecular weight is 545 g/mol. The van der Waals surface area contributed by atoms with E-state index in [-0.39, 0.29) is 24.0 Å². The molecule has 6 nitrogen and oxygen atoms in total. The topological polar surface area (TPSA) is 78.0 Å². The van der Waals surface area contributed by atoms with Gasteiger partial charge in [-0.15, -0.1) is 24.0 Å². The summed E-state index contributed by atoms with van der Waals surface area (Å²) in [6, 6.07) is 13.7. The Morgan fingerprint density at radius 3 is 2.72 bits per heavy atom. The zero-order chi connectivity index (χ0) is 19.8. The van der Waals surface area contributed by atoms with Crippen LogP contribution in [0.2, 0.25) is 10.0 Å². The van der Waals surface area contributed by atoms with E-state index < -0.39 is 0 Å². The molecule has 0 spiro atoms. The summed E-state index contributed by atoms with van der Waals surface area (Å²) in [5.41, 5.74) is 3.23. The van der Waals surface area contributed by atoms with Crippen LogP contribution < -0.4 is 10.6 Å². The van der Waals surface area contributed by atoms with E-state index in [1.165, 1.54) is 6.33 Å². The molecule has 0 radical (unpaired) electrons. The van der Waals surface area contributed by atoms with Crippen molar-refractivity contribution in [3.05, 3.63) is 70.0 Å². The van der Waals surface area contributed by atoms with Crippen molar-refractivity contribution >= 4 is 53.1 Å². The molecule has 3 aromatic rings. The summed E-state index contributed by atoms with van der Waals surface area (Å²) in [6.07, 6.45) is 3.31. The van der Waals surface area contributed by atoms with Crippen molar-refractivity contribution in [1.29, 1.82) is 0 Å². The summed E-state index contributed by atoms with van der Waals surface area (Å²) >= 11 is 12.1. The summed E-state index contributed by atoms with van der Waals surface area (Å²) in [5, 5.41) is 14.8. The van der Waals surface area contributed by atoms with Crippen molar-refractivity contribution in [2.24, 2.45) is 4.99 Å². The molecule has 1 heterocycles. The fourth-order valence-electron chi connectivity index (χ4n) is 2.79. The van der Waals surface area contributed by atoms with E-state index in [4.69, 9.17) is 23.2 Å². The molecule has 0 aliphatic heterocycles. The highest BCUT2D eigenvalue weighted by Crippen LogP contribution is 2.21. The lowest BCUT2D eigenvalue weighted by Crippen LogP contribution is -2.37. The molecule has 9 heteroatoms. The van der Waals surface area contributed by atoms with Gasteiger partial charge in [0.1, 0.15) is 6.33 Å². The molecule has 0 atom stereocenters. The monoisotopic (exact) mass is 544 g/mol. The first-order valence-corrected chi connectivity index (χ1v) is 9.74. The Morgan fingerprint density at radius 1 is 1.14 bits per heavy atom. The third-order valence-electron chi connectivity index (χ3n) is 4.23. The minimum Gasteiger partial charge on any atom is -0.356 e. The number of aryl methyl sites for hydroxylation is 1. The fourth-order valence-corrected chi connectivity index (χ4v) is 3.29.